The van der Waals surface area contributed by atoms with Gasteiger partial charge in [-0.05, 0) is 26.0 Å². The first kappa shape index (κ1) is 11.6. The predicted octanol–water partition coefficient (Wildman–Crippen LogP) is 0.750. The molecule has 1 aromatic rings. The van der Waals surface area contributed by atoms with Crippen molar-refractivity contribution < 1.29 is 13.5 Å². The van der Waals surface area contributed by atoms with Crippen LogP contribution in [0.4, 0.5) is 0 Å². The number of hydrogen-bond donors (Lipinski definition) is 1. The van der Waals surface area contributed by atoms with Gasteiger partial charge in [-0.1, -0.05) is 17.7 Å². The van der Waals surface area contributed by atoms with Crippen LogP contribution in [0.1, 0.15) is 12.5 Å². The Morgan fingerprint density at radius 3 is 2.38 bits per heavy atom. The molecule has 1 aliphatic rings. The third-order valence-electron chi connectivity index (χ3n) is 2.93. The van der Waals surface area contributed by atoms with Gasteiger partial charge in [-0.25, -0.2) is 8.42 Å². The lowest BCUT2D eigenvalue weighted by atomic mass is 10.2. The molecule has 2 rings (SSSR count). The van der Waals surface area contributed by atoms with E-state index in [4.69, 9.17) is 5.11 Å². The maximum atomic E-state index is 12.1. The number of aliphatic hydroxyl groups excluding tert-OH is 1. The number of aryl methyl sites for hydroxylation is 1. The second-order valence-corrected chi connectivity index (χ2v) is 6.34. The third-order valence-corrected chi connectivity index (χ3v) is 4.95. The number of rotatable bonds is 3. The summed E-state index contributed by atoms with van der Waals surface area (Å²) in [5.41, 5.74) is 0.415. The third kappa shape index (κ3) is 1.75. The Morgan fingerprint density at radius 1 is 1.38 bits per heavy atom. The molecule has 2 atom stereocenters. The maximum Gasteiger partial charge on any atom is 0.243 e. The van der Waals surface area contributed by atoms with Gasteiger partial charge < -0.3 is 5.11 Å². The molecule has 1 saturated heterocycles. The van der Waals surface area contributed by atoms with Crippen LogP contribution in [0, 0.1) is 6.92 Å². The number of sulfonamides is 1. The van der Waals surface area contributed by atoms with Crippen molar-refractivity contribution in [3.63, 3.8) is 0 Å². The zero-order valence-corrected chi connectivity index (χ0v) is 10.2. The lowest BCUT2D eigenvalue weighted by molar-refractivity contribution is 0.245. The monoisotopic (exact) mass is 241 g/mol. The quantitative estimate of drug-likeness (QED) is 0.794. The fraction of sp³-hybridized carbons (Fsp3) is 0.455. The summed E-state index contributed by atoms with van der Waals surface area (Å²) in [6.07, 6.45) is 0. The molecule has 1 N–H and O–H groups in total. The molecule has 88 valence electrons. The SMILES string of the molecule is Cc1ccc(S(=O)(=O)N2CC2(C)CO)cc1. The number of nitrogens with zero attached hydrogens (tertiary/aromatic N) is 1. The zero-order valence-electron chi connectivity index (χ0n) is 9.34. The van der Waals surface area contributed by atoms with Gasteiger partial charge in [0.05, 0.1) is 17.0 Å². The number of hydrogen-bond acceptors (Lipinski definition) is 3. The highest BCUT2D eigenvalue weighted by Gasteiger charge is 2.55. The number of benzene rings is 1. The van der Waals surface area contributed by atoms with Gasteiger partial charge in [-0.2, -0.15) is 4.31 Å². The molecule has 0 bridgehead atoms. The zero-order chi connectivity index (χ0) is 12.0. The molecule has 5 heteroatoms. The molecule has 1 aromatic carbocycles. The van der Waals surface area contributed by atoms with Crippen molar-refractivity contribution in [1.29, 1.82) is 0 Å². The molecule has 4 nitrogen and oxygen atoms in total. The highest BCUT2D eigenvalue weighted by atomic mass is 32.2. The smallest absolute Gasteiger partial charge is 0.243 e. The van der Waals surface area contributed by atoms with Crippen LogP contribution in [0.15, 0.2) is 29.2 Å². The molecule has 0 saturated carbocycles. The van der Waals surface area contributed by atoms with Crippen molar-refractivity contribution in [2.75, 3.05) is 13.2 Å². The van der Waals surface area contributed by atoms with Gasteiger partial charge in [0.1, 0.15) is 0 Å². The van der Waals surface area contributed by atoms with E-state index in [1.54, 1.807) is 31.2 Å². The van der Waals surface area contributed by atoms with E-state index in [2.05, 4.69) is 0 Å². The highest BCUT2D eigenvalue weighted by molar-refractivity contribution is 7.89. The molecule has 0 aliphatic carbocycles. The van der Waals surface area contributed by atoms with Crippen molar-refractivity contribution in [1.82, 2.24) is 4.31 Å². The molecule has 0 aromatic heterocycles. The van der Waals surface area contributed by atoms with Crippen LogP contribution >= 0.6 is 0 Å². The highest BCUT2D eigenvalue weighted by Crippen LogP contribution is 2.37. The minimum atomic E-state index is -3.43. The molecule has 1 aliphatic heterocycles. The predicted molar refractivity (Wildman–Crippen MR) is 60.6 cm³/mol. The van der Waals surface area contributed by atoms with E-state index < -0.39 is 15.6 Å². The molecule has 0 spiro atoms. The molecule has 0 radical (unpaired) electrons. The van der Waals surface area contributed by atoms with E-state index in [9.17, 15) is 8.42 Å². The summed E-state index contributed by atoms with van der Waals surface area (Å²) in [6, 6.07) is 6.74. The van der Waals surface area contributed by atoms with Crippen molar-refractivity contribution in [2.24, 2.45) is 0 Å². The van der Waals surface area contributed by atoms with Crippen molar-refractivity contribution in [3.05, 3.63) is 29.8 Å². The van der Waals surface area contributed by atoms with Gasteiger partial charge in [0.2, 0.25) is 10.0 Å². The fourth-order valence-electron chi connectivity index (χ4n) is 1.62. The van der Waals surface area contributed by atoms with Gasteiger partial charge in [0.25, 0.3) is 0 Å². The van der Waals surface area contributed by atoms with Crippen LogP contribution in [-0.2, 0) is 10.0 Å². The summed E-state index contributed by atoms with van der Waals surface area (Å²) in [5, 5.41) is 9.08. The topological polar surface area (TPSA) is 57.4 Å². The van der Waals surface area contributed by atoms with Crippen LogP contribution in [0.2, 0.25) is 0 Å². The largest absolute Gasteiger partial charge is 0.394 e. The minimum absolute atomic E-state index is 0.141. The van der Waals surface area contributed by atoms with Gasteiger partial charge in [0.15, 0.2) is 0 Å². The summed E-state index contributed by atoms with van der Waals surface area (Å²) in [7, 11) is -3.43. The molecule has 2 unspecified atom stereocenters. The Bertz CT molecular complexity index is 494. The first-order valence-electron chi connectivity index (χ1n) is 5.10. The molecule has 1 heterocycles. The van der Waals surface area contributed by atoms with Crippen molar-refractivity contribution in [3.8, 4) is 0 Å². The second-order valence-electron chi connectivity index (χ2n) is 4.48. The molecule has 0 amide bonds. The van der Waals surface area contributed by atoms with Crippen LogP contribution < -0.4 is 0 Å². The van der Waals surface area contributed by atoms with Crippen LogP contribution in [-0.4, -0.2) is 36.5 Å². The summed E-state index contributed by atoms with van der Waals surface area (Å²) >= 11 is 0. The number of aliphatic hydroxyl groups is 1. The van der Waals surface area contributed by atoms with E-state index >= 15 is 0 Å². The second kappa shape index (κ2) is 3.55. The van der Waals surface area contributed by atoms with Gasteiger partial charge in [-0.15, -0.1) is 0 Å². The van der Waals surface area contributed by atoms with E-state index in [0.717, 1.165) is 5.56 Å². The summed E-state index contributed by atoms with van der Waals surface area (Å²) < 4.78 is 25.5. The van der Waals surface area contributed by atoms with Gasteiger partial charge in [-0.3, -0.25) is 0 Å². The maximum absolute atomic E-state index is 12.1. The summed E-state index contributed by atoms with van der Waals surface area (Å²) in [4.78, 5) is 0.287. The standard InChI is InChI=1S/C11H15NO3S/c1-9-3-5-10(6-4-9)16(14,15)12-7-11(12,2)8-13/h3-6,13H,7-8H2,1-2H3. The summed E-state index contributed by atoms with van der Waals surface area (Å²) in [5.74, 6) is 0. The van der Waals surface area contributed by atoms with Crippen LogP contribution in [0.25, 0.3) is 0 Å². The molecular weight excluding hydrogens is 226 g/mol. The molecule has 16 heavy (non-hydrogen) atoms. The normalized spacial score (nSPS) is 29.1. The average Bonchev–Trinajstić information content (AvgIpc) is 2.93. The Hall–Kier alpha value is -0.910. The molecule has 1 fully saturated rings. The molecular formula is C11H15NO3S. The van der Waals surface area contributed by atoms with Crippen LogP contribution in [0.3, 0.4) is 0 Å². The lowest BCUT2D eigenvalue weighted by Crippen LogP contribution is -2.24. The minimum Gasteiger partial charge on any atom is -0.394 e. The first-order valence-corrected chi connectivity index (χ1v) is 6.54. The Balaban J connectivity index is 2.31. The Labute approximate surface area is 95.6 Å². The lowest BCUT2D eigenvalue weighted by Gasteiger charge is -2.10. The summed E-state index contributed by atoms with van der Waals surface area (Å²) in [6.45, 7) is 3.89. The van der Waals surface area contributed by atoms with Gasteiger partial charge in [0, 0.05) is 6.54 Å². The van der Waals surface area contributed by atoms with E-state index in [0.29, 0.717) is 6.54 Å². The average molecular weight is 241 g/mol. The first-order chi connectivity index (χ1) is 7.40. The Kier molecular flexibility index (Phi) is 2.57. The van der Waals surface area contributed by atoms with Crippen LogP contribution in [0.5, 0.6) is 0 Å². The fourth-order valence-corrected chi connectivity index (χ4v) is 3.44. The van der Waals surface area contributed by atoms with Crippen molar-refractivity contribution in [2.45, 2.75) is 24.3 Å². The van der Waals surface area contributed by atoms with E-state index in [-0.39, 0.29) is 11.5 Å². The van der Waals surface area contributed by atoms with E-state index in [1.807, 2.05) is 6.92 Å². The van der Waals surface area contributed by atoms with E-state index in [1.165, 1.54) is 4.31 Å². The van der Waals surface area contributed by atoms with Crippen molar-refractivity contribution >= 4 is 10.0 Å². The Morgan fingerprint density at radius 2 is 1.94 bits per heavy atom. The van der Waals surface area contributed by atoms with Gasteiger partial charge >= 0.3 is 0 Å².